The summed E-state index contributed by atoms with van der Waals surface area (Å²) in [7, 11) is 4.23. The van der Waals surface area contributed by atoms with E-state index in [-0.39, 0.29) is 33.7 Å². The van der Waals surface area contributed by atoms with Crippen LogP contribution >= 0.6 is 11.6 Å². The molecule has 182 valence electrons. The first kappa shape index (κ1) is 23.6. The van der Waals surface area contributed by atoms with Crippen LogP contribution in [0.25, 0.3) is 0 Å². The van der Waals surface area contributed by atoms with Crippen molar-refractivity contribution in [3.8, 4) is 17.2 Å². The first-order valence-electron chi connectivity index (χ1n) is 9.93. The molecule has 0 spiro atoms. The number of rotatable bonds is 6. The molecule has 0 fully saturated rings. The summed E-state index contributed by atoms with van der Waals surface area (Å²) in [4.78, 5) is 13.0. The third-order valence-corrected chi connectivity index (χ3v) is 5.68. The molecule has 0 saturated heterocycles. The summed E-state index contributed by atoms with van der Waals surface area (Å²) in [5.74, 6) is 0.200. The molecule has 9 nitrogen and oxygen atoms in total. The molecule has 3 heterocycles. The molecule has 0 saturated carbocycles. The SMILES string of the molecule is COc1cc(NC(=O)c2nn3c(c2Cl)N[C@H](c2ccco2)C[C@H]3C(F)(F)F)cc(OC)c1OC. The van der Waals surface area contributed by atoms with Gasteiger partial charge in [-0.25, -0.2) is 4.68 Å². The number of benzene rings is 1. The number of hydrogen-bond donors (Lipinski definition) is 2. The van der Waals surface area contributed by atoms with Crippen LogP contribution in [0.4, 0.5) is 24.7 Å². The number of fused-ring (bicyclic) bond motifs is 1. The molecule has 0 radical (unpaired) electrons. The zero-order chi connectivity index (χ0) is 24.6. The molecule has 1 aromatic carbocycles. The lowest BCUT2D eigenvalue weighted by Gasteiger charge is -2.32. The van der Waals surface area contributed by atoms with E-state index in [0.717, 1.165) is 0 Å². The van der Waals surface area contributed by atoms with E-state index in [2.05, 4.69) is 15.7 Å². The Hall–Kier alpha value is -3.54. The molecule has 2 N–H and O–H groups in total. The predicted molar refractivity (Wildman–Crippen MR) is 116 cm³/mol. The van der Waals surface area contributed by atoms with E-state index in [0.29, 0.717) is 16.2 Å². The molecule has 0 bridgehead atoms. The lowest BCUT2D eigenvalue weighted by Crippen LogP contribution is -2.35. The van der Waals surface area contributed by atoms with Crippen molar-refractivity contribution in [2.24, 2.45) is 0 Å². The standard InChI is InChI=1S/C21H20ClF3N4O5/c1-31-13-7-10(8-14(32-2)18(13)33-3)26-20(30)17-16(22)19-27-11(12-5-4-6-34-12)9-15(21(23,24)25)29(19)28-17/h4-8,11,15,27H,9H2,1-3H3,(H,26,30)/t11-,15-/m0/s1. The molecule has 1 aliphatic heterocycles. The second-order valence-electron chi connectivity index (χ2n) is 7.33. The van der Waals surface area contributed by atoms with E-state index in [9.17, 15) is 18.0 Å². The quantitative estimate of drug-likeness (QED) is 0.487. The van der Waals surface area contributed by atoms with Gasteiger partial charge in [-0.2, -0.15) is 18.3 Å². The van der Waals surface area contributed by atoms with Gasteiger partial charge in [0.05, 0.1) is 33.6 Å². The molecule has 1 aliphatic rings. The zero-order valence-electron chi connectivity index (χ0n) is 18.2. The van der Waals surface area contributed by atoms with Gasteiger partial charge in [-0.15, -0.1) is 0 Å². The summed E-state index contributed by atoms with van der Waals surface area (Å²) in [5, 5.41) is 9.10. The Morgan fingerprint density at radius 2 is 1.91 bits per heavy atom. The van der Waals surface area contributed by atoms with Gasteiger partial charge in [0.1, 0.15) is 16.6 Å². The Bertz CT molecular complexity index is 1170. The van der Waals surface area contributed by atoms with Gasteiger partial charge in [0.25, 0.3) is 5.91 Å². The summed E-state index contributed by atoms with van der Waals surface area (Å²) in [6, 6.07) is 3.24. The smallest absolute Gasteiger partial charge is 0.410 e. The minimum absolute atomic E-state index is 0.133. The van der Waals surface area contributed by atoms with E-state index in [1.54, 1.807) is 12.1 Å². The molecule has 2 atom stereocenters. The maximum absolute atomic E-state index is 13.9. The average molecular weight is 501 g/mol. The lowest BCUT2D eigenvalue weighted by atomic mass is 10.0. The Balaban J connectivity index is 1.69. The molecule has 3 aromatic rings. The third kappa shape index (κ3) is 4.20. The zero-order valence-corrected chi connectivity index (χ0v) is 19.0. The molecule has 0 aliphatic carbocycles. The summed E-state index contributed by atoms with van der Waals surface area (Å²) >= 11 is 6.34. The predicted octanol–water partition coefficient (Wildman–Crippen LogP) is 5.07. The minimum Gasteiger partial charge on any atom is -0.493 e. The van der Waals surface area contributed by atoms with E-state index < -0.39 is 30.6 Å². The van der Waals surface area contributed by atoms with Crippen molar-refractivity contribution in [1.82, 2.24) is 9.78 Å². The number of hydrogen-bond acceptors (Lipinski definition) is 7. The maximum Gasteiger partial charge on any atom is 0.410 e. The number of carbonyl (C=O) groups excluding carboxylic acids is 1. The second-order valence-corrected chi connectivity index (χ2v) is 7.71. The van der Waals surface area contributed by atoms with E-state index >= 15 is 0 Å². The first-order chi connectivity index (χ1) is 16.2. The Kier molecular flexibility index (Phi) is 6.26. The topological polar surface area (TPSA) is 99.8 Å². The highest BCUT2D eigenvalue weighted by atomic mass is 35.5. The first-order valence-corrected chi connectivity index (χ1v) is 10.3. The molecular formula is C21H20ClF3N4O5. The molecule has 0 unspecified atom stereocenters. The van der Waals surface area contributed by atoms with Crippen molar-refractivity contribution in [1.29, 1.82) is 0 Å². The molecule has 2 aromatic heterocycles. The number of nitrogens with zero attached hydrogens (tertiary/aromatic N) is 2. The highest BCUT2D eigenvalue weighted by molar-refractivity contribution is 6.36. The Morgan fingerprint density at radius 1 is 1.24 bits per heavy atom. The summed E-state index contributed by atoms with van der Waals surface area (Å²) in [6.07, 6.45) is -3.67. The van der Waals surface area contributed by atoms with E-state index in [4.69, 9.17) is 30.2 Å². The van der Waals surface area contributed by atoms with E-state index in [1.807, 2.05) is 0 Å². The van der Waals surface area contributed by atoms with Crippen LogP contribution < -0.4 is 24.8 Å². The number of furan rings is 1. The number of nitrogens with one attached hydrogen (secondary N) is 2. The third-order valence-electron chi connectivity index (χ3n) is 5.32. The summed E-state index contributed by atoms with van der Waals surface area (Å²) < 4.78 is 63.3. The fourth-order valence-electron chi connectivity index (χ4n) is 3.75. The largest absolute Gasteiger partial charge is 0.493 e. The Labute approximate surface area is 196 Å². The van der Waals surface area contributed by atoms with Crippen molar-refractivity contribution in [3.63, 3.8) is 0 Å². The van der Waals surface area contributed by atoms with Gasteiger partial charge >= 0.3 is 6.18 Å². The van der Waals surface area contributed by atoms with Crippen molar-refractivity contribution in [2.75, 3.05) is 32.0 Å². The van der Waals surface area contributed by atoms with Gasteiger partial charge in [0, 0.05) is 24.2 Å². The Morgan fingerprint density at radius 3 is 2.44 bits per heavy atom. The van der Waals surface area contributed by atoms with Crippen molar-refractivity contribution >= 4 is 29.0 Å². The van der Waals surface area contributed by atoms with E-state index in [1.165, 1.54) is 39.7 Å². The average Bonchev–Trinajstić information content (AvgIpc) is 3.45. The number of ether oxygens (including phenoxy) is 3. The fraction of sp³-hybridized carbons (Fsp3) is 0.333. The van der Waals surface area contributed by atoms with Gasteiger partial charge in [-0.05, 0) is 12.1 Å². The molecule has 4 rings (SSSR count). The molecule has 34 heavy (non-hydrogen) atoms. The van der Waals surface area contributed by atoms with Crippen molar-refractivity contribution in [3.05, 3.63) is 47.0 Å². The highest BCUT2D eigenvalue weighted by Gasteiger charge is 2.48. The highest BCUT2D eigenvalue weighted by Crippen LogP contribution is 2.46. The molecule has 1 amide bonds. The summed E-state index contributed by atoms with van der Waals surface area (Å²) in [6.45, 7) is 0. The van der Waals surface area contributed by atoms with Gasteiger partial charge < -0.3 is 29.3 Å². The van der Waals surface area contributed by atoms with Crippen LogP contribution in [0.3, 0.4) is 0 Å². The van der Waals surface area contributed by atoms with Gasteiger partial charge in [0.2, 0.25) is 5.75 Å². The maximum atomic E-state index is 13.9. The minimum atomic E-state index is -4.64. The van der Waals surface area contributed by atoms with Crippen LogP contribution in [-0.2, 0) is 0 Å². The summed E-state index contributed by atoms with van der Waals surface area (Å²) in [5.41, 5.74) is -0.150. The van der Waals surface area contributed by atoms with Crippen LogP contribution in [0.5, 0.6) is 17.2 Å². The van der Waals surface area contributed by atoms with Gasteiger partial charge in [-0.1, -0.05) is 11.6 Å². The van der Waals surface area contributed by atoms with Gasteiger partial charge in [-0.3, -0.25) is 4.79 Å². The second kappa shape index (κ2) is 9.01. The van der Waals surface area contributed by atoms with Crippen molar-refractivity contribution < 1.29 is 36.6 Å². The number of halogens is 4. The van der Waals surface area contributed by atoms with Crippen LogP contribution in [0.15, 0.2) is 34.9 Å². The molecule has 13 heteroatoms. The van der Waals surface area contributed by atoms with Crippen LogP contribution in [0, 0.1) is 0 Å². The number of methoxy groups -OCH3 is 3. The lowest BCUT2D eigenvalue weighted by molar-refractivity contribution is -0.174. The normalized spacial score (nSPS) is 17.5. The molecular weight excluding hydrogens is 481 g/mol. The van der Waals surface area contributed by atoms with Crippen LogP contribution in [0.2, 0.25) is 5.02 Å². The van der Waals surface area contributed by atoms with Gasteiger partial charge in [0.15, 0.2) is 23.2 Å². The number of alkyl halides is 3. The van der Waals surface area contributed by atoms with Crippen LogP contribution in [-0.4, -0.2) is 43.2 Å². The number of aromatic nitrogens is 2. The monoisotopic (exact) mass is 500 g/mol. The number of amides is 1. The number of anilines is 2. The van der Waals surface area contributed by atoms with Crippen molar-refractivity contribution in [2.45, 2.75) is 24.7 Å². The number of carbonyl (C=O) groups is 1. The van der Waals surface area contributed by atoms with Crippen LogP contribution in [0.1, 0.15) is 34.8 Å². The fourth-order valence-corrected chi connectivity index (χ4v) is 4.02.